The van der Waals surface area contributed by atoms with Crippen molar-refractivity contribution in [3.8, 4) is 0 Å². The molecule has 0 saturated heterocycles. The summed E-state index contributed by atoms with van der Waals surface area (Å²) >= 11 is 0. The van der Waals surface area contributed by atoms with E-state index >= 15 is 0 Å². The number of aromatic nitrogens is 4. The van der Waals surface area contributed by atoms with Crippen LogP contribution >= 0.6 is 0 Å². The standard InChI is InChI=1S/C8H7FN6O2/c9-5-1-2-7(15(16)17)6(3-5)10-4-8-11-13-14-12-8/h1-3,10H,4H2,(H,11,12,13,14). The van der Waals surface area contributed by atoms with Crippen LogP contribution in [0.4, 0.5) is 15.8 Å². The highest BCUT2D eigenvalue weighted by molar-refractivity contribution is 5.61. The van der Waals surface area contributed by atoms with Crippen LogP contribution in [0.2, 0.25) is 0 Å². The summed E-state index contributed by atoms with van der Waals surface area (Å²) in [5.74, 6) is -0.241. The minimum absolute atomic E-state index is 0.0693. The highest BCUT2D eigenvalue weighted by Gasteiger charge is 2.14. The largest absolute Gasteiger partial charge is 0.372 e. The molecule has 9 heteroatoms. The highest BCUT2D eigenvalue weighted by Crippen LogP contribution is 2.24. The predicted octanol–water partition coefficient (Wildman–Crippen LogP) is 0.859. The van der Waals surface area contributed by atoms with Crippen molar-refractivity contribution in [3.05, 3.63) is 40.0 Å². The average Bonchev–Trinajstić information content (AvgIpc) is 2.78. The van der Waals surface area contributed by atoms with E-state index in [4.69, 9.17) is 0 Å². The zero-order valence-corrected chi connectivity index (χ0v) is 8.42. The number of tetrazole rings is 1. The molecule has 88 valence electrons. The van der Waals surface area contributed by atoms with Gasteiger partial charge in [0.25, 0.3) is 5.69 Å². The van der Waals surface area contributed by atoms with Crippen molar-refractivity contribution >= 4 is 11.4 Å². The summed E-state index contributed by atoms with van der Waals surface area (Å²) in [7, 11) is 0. The second-order valence-electron chi connectivity index (χ2n) is 3.10. The van der Waals surface area contributed by atoms with E-state index in [1.165, 1.54) is 0 Å². The summed E-state index contributed by atoms with van der Waals surface area (Å²) in [6, 6.07) is 3.16. The van der Waals surface area contributed by atoms with Crippen LogP contribution in [0.25, 0.3) is 0 Å². The molecule has 0 spiro atoms. The Morgan fingerprint density at radius 2 is 2.35 bits per heavy atom. The molecule has 1 aromatic carbocycles. The monoisotopic (exact) mass is 238 g/mol. The molecular formula is C8H7FN6O2. The Labute approximate surface area is 94.0 Å². The molecule has 2 aromatic rings. The van der Waals surface area contributed by atoms with Crippen molar-refractivity contribution in [2.75, 3.05) is 5.32 Å². The Bertz CT molecular complexity index is 529. The number of halogens is 1. The second-order valence-corrected chi connectivity index (χ2v) is 3.10. The van der Waals surface area contributed by atoms with Crippen molar-refractivity contribution in [1.29, 1.82) is 0 Å². The lowest BCUT2D eigenvalue weighted by Gasteiger charge is -2.04. The summed E-state index contributed by atoms with van der Waals surface area (Å²) in [6.07, 6.45) is 0. The van der Waals surface area contributed by atoms with Gasteiger partial charge in [-0.1, -0.05) is 5.21 Å². The molecule has 0 radical (unpaired) electrons. The van der Waals surface area contributed by atoms with Gasteiger partial charge in [0.15, 0.2) is 5.82 Å². The molecule has 0 aliphatic heterocycles. The van der Waals surface area contributed by atoms with Gasteiger partial charge in [0, 0.05) is 12.1 Å². The number of rotatable bonds is 4. The lowest BCUT2D eigenvalue weighted by atomic mass is 10.2. The fourth-order valence-corrected chi connectivity index (χ4v) is 1.24. The van der Waals surface area contributed by atoms with E-state index in [0.717, 1.165) is 18.2 Å². The lowest BCUT2D eigenvalue weighted by Crippen LogP contribution is -2.04. The van der Waals surface area contributed by atoms with Gasteiger partial charge in [-0.3, -0.25) is 10.1 Å². The van der Waals surface area contributed by atoms with Crippen LogP contribution in [0.15, 0.2) is 18.2 Å². The van der Waals surface area contributed by atoms with Crippen LogP contribution in [0.3, 0.4) is 0 Å². The number of aromatic amines is 1. The molecule has 0 saturated carbocycles. The first-order valence-electron chi connectivity index (χ1n) is 4.57. The van der Waals surface area contributed by atoms with Crippen LogP contribution in [0.1, 0.15) is 5.82 Å². The number of H-pyrrole nitrogens is 1. The van der Waals surface area contributed by atoms with E-state index in [1.54, 1.807) is 0 Å². The van der Waals surface area contributed by atoms with E-state index in [9.17, 15) is 14.5 Å². The van der Waals surface area contributed by atoms with E-state index < -0.39 is 10.7 Å². The lowest BCUT2D eigenvalue weighted by molar-refractivity contribution is -0.384. The topological polar surface area (TPSA) is 110 Å². The first kappa shape index (κ1) is 10.9. The Morgan fingerprint density at radius 3 is 3.00 bits per heavy atom. The van der Waals surface area contributed by atoms with Crippen molar-refractivity contribution in [3.63, 3.8) is 0 Å². The number of nitrogens with one attached hydrogen (secondary N) is 2. The van der Waals surface area contributed by atoms with Crippen molar-refractivity contribution in [2.24, 2.45) is 0 Å². The van der Waals surface area contributed by atoms with Crippen LogP contribution in [0.5, 0.6) is 0 Å². The molecule has 1 aromatic heterocycles. The third-order valence-corrected chi connectivity index (χ3v) is 1.98. The minimum Gasteiger partial charge on any atom is -0.372 e. The molecule has 2 N–H and O–H groups in total. The van der Waals surface area contributed by atoms with Crippen LogP contribution < -0.4 is 5.32 Å². The number of nitro groups is 1. The molecule has 8 nitrogen and oxygen atoms in total. The zero-order valence-electron chi connectivity index (χ0n) is 8.42. The Kier molecular flexibility index (Phi) is 2.90. The Hall–Kier alpha value is -2.58. The summed E-state index contributed by atoms with van der Waals surface area (Å²) in [6.45, 7) is 0.112. The van der Waals surface area contributed by atoms with Gasteiger partial charge >= 0.3 is 0 Å². The fourth-order valence-electron chi connectivity index (χ4n) is 1.24. The average molecular weight is 238 g/mol. The number of hydrogen-bond donors (Lipinski definition) is 2. The van der Waals surface area contributed by atoms with Gasteiger partial charge in [-0.05, 0) is 6.07 Å². The maximum atomic E-state index is 13.0. The van der Waals surface area contributed by atoms with Gasteiger partial charge in [-0.15, -0.1) is 10.2 Å². The first-order chi connectivity index (χ1) is 8.16. The predicted molar refractivity (Wildman–Crippen MR) is 54.6 cm³/mol. The summed E-state index contributed by atoms with van der Waals surface area (Å²) in [5, 5.41) is 26.2. The van der Waals surface area contributed by atoms with Crippen molar-refractivity contribution < 1.29 is 9.31 Å². The summed E-state index contributed by atoms with van der Waals surface area (Å²) < 4.78 is 13.0. The number of nitrogens with zero attached hydrogens (tertiary/aromatic N) is 4. The number of nitro benzene ring substituents is 1. The molecule has 17 heavy (non-hydrogen) atoms. The third-order valence-electron chi connectivity index (χ3n) is 1.98. The first-order valence-corrected chi connectivity index (χ1v) is 4.57. The smallest absolute Gasteiger partial charge is 0.292 e. The number of hydrogen-bond acceptors (Lipinski definition) is 6. The van der Waals surface area contributed by atoms with E-state index in [2.05, 4.69) is 25.9 Å². The van der Waals surface area contributed by atoms with Crippen LogP contribution in [0, 0.1) is 15.9 Å². The highest BCUT2D eigenvalue weighted by atomic mass is 19.1. The Balaban J connectivity index is 2.19. The van der Waals surface area contributed by atoms with Crippen LogP contribution in [-0.4, -0.2) is 25.5 Å². The van der Waals surface area contributed by atoms with E-state index in [-0.39, 0.29) is 17.9 Å². The molecule has 2 rings (SSSR count). The molecule has 1 heterocycles. The molecule has 0 atom stereocenters. The van der Waals surface area contributed by atoms with E-state index in [0.29, 0.717) is 5.82 Å². The van der Waals surface area contributed by atoms with Crippen molar-refractivity contribution in [1.82, 2.24) is 20.6 Å². The van der Waals surface area contributed by atoms with Crippen LogP contribution in [-0.2, 0) is 6.54 Å². The number of benzene rings is 1. The minimum atomic E-state index is -0.599. The molecular weight excluding hydrogens is 231 g/mol. The zero-order chi connectivity index (χ0) is 12.3. The fraction of sp³-hybridized carbons (Fsp3) is 0.125. The Morgan fingerprint density at radius 1 is 1.53 bits per heavy atom. The molecule has 0 unspecified atom stereocenters. The van der Waals surface area contributed by atoms with Gasteiger partial charge < -0.3 is 5.32 Å². The SMILES string of the molecule is O=[N+]([O-])c1ccc(F)cc1NCc1nn[nH]n1. The van der Waals surface area contributed by atoms with Gasteiger partial charge in [0.1, 0.15) is 11.5 Å². The molecule has 0 fully saturated rings. The van der Waals surface area contributed by atoms with Crippen molar-refractivity contribution in [2.45, 2.75) is 6.54 Å². The second kappa shape index (κ2) is 4.51. The molecule has 0 bridgehead atoms. The van der Waals surface area contributed by atoms with E-state index in [1.807, 2.05) is 0 Å². The molecule has 0 aliphatic carbocycles. The van der Waals surface area contributed by atoms with Gasteiger partial charge in [-0.25, -0.2) is 4.39 Å². The normalized spacial score (nSPS) is 10.2. The van der Waals surface area contributed by atoms with Gasteiger partial charge in [0.05, 0.1) is 11.5 Å². The summed E-state index contributed by atoms with van der Waals surface area (Å²) in [5.41, 5.74) is -0.144. The van der Waals surface area contributed by atoms with Gasteiger partial charge in [-0.2, -0.15) is 5.21 Å². The maximum absolute atomic E-state index is 13.0. The molecule has 0 aliphatic rings. The summed E-state index contributed by atoms with van der Waals surface area (Å²) in [4.78, 5) is 10.1. The molecule has 0 amide bonds. The third kappa shape index (κ3) is 2.51. The number of anilines is 1. The quantitative estimate of drug-likeness (QED) is 0.603. The van der Waals surface area contributed by atoms with Gasteiger partial charge in [0.2, 0.25) is 0 Å². The maximum Gasteiger partial charge on any atom is 0.292 e.